The van der Waals surface area contributed by atoms with Crippen molar-refractivity contribution in [1.82, 2.24) is 5.32 Å². The van der Waals surface area contributed by atoms with E-state index in [1.54, 1.807) is 55.5 Å². The molecule has 0 saturated carbocycles. The minimum absolute atomic E-state index is 0.216. The Bertz CT molecular complexity index is 852. The molecule has 0 bridgehead atoms. The molecule has 1 aliphatic heterocycles. The molecule has 0 aromatic heterocycles. The minimum Gasteiger partial charge on any atom is -0.481 e. The van der Waals surface area contributed by atoms with Gasteiger partial charge in [-0.1, -0.05) is 42.5 Å². The van der Waals surface area contributed by atoms with Crippen LogP contribution in [-0.2, 0) is 14.4 Å². The van der Waals surface area contributed by atoms with E-state index in [2.05, 4.69) is 5.32 Å². The average Bonchev–Trinajstić information content (AvgIpc) is 2.65. The monoisotopic (exact) mass is 368 g/mol. The molecule has 27 heavy (non-hydrogen) atoms. The van der Waals surface area contributed by atoms with E-state index in [0.29, 0.717) is 17.0 Å². The Hall–Kier alpha value is -3.35. The first-order valence-corrected chi connectivity index (χ1v) is 8.59. The fourth-order valence-electron chi connectivity index (χ4n) is 3.02. The Morgan fingerprint density at radius 2 is 1.81 bits per heavy atom. The van der Waals surface area contributed by atoms with Crippen LogP contribution in [0, 0.1) is 0 Å². The minimum atomic E-state index is -1.02. The molecule has 3 rings (SSSR count). The summed E-state index contributed by atoms with van der Waals surface area (Å²) in [5.74, 6) is -1.26. The van der Waals surface area contributed by atoms with Gasteiger partial charge in [0, 0.05) is 0 Å². The van der Waals surface area contributed by atoms with Gasteiger partial charge in [-0.3, -0.25) is 19.3 Å². The fraction of sp³-hybridized carbons (Fsp3) is 0.250. The number of para-hydroxylation sites is 2. The van der Waals surface area contributed by atoms with Gasteiger partial charge in [0.2, 0.25) is 5.91 Å². The summed E-state index contributed by atoms with van der Waals surface area (Å²) in [4.78, 5) is 37.6. The van der Waals surface area contributed by atoms with Gasteiger partial charge in [0.1, 0.15) is 12.3 Å². The Morgan fingerprint density at radius 1 is 1.15 bits per heavy atom. The van der Waals surface area contributed by atoms with Crippen molar-refractivity contribution in [2.45, 2.75) is 25.5 Å². The van der Waals surface area contributed by atoms with Gasteiger partial charge in [0.25, 0.3) is 5.91 Å². The summed E-state index contributed by atoms with van der Waals surface area (Å²) in [5.41, 5.74) is 1.21. The van der Waals surface area contributed by atoms with Crippen LogP contribution in [0.25, 0.3) is 0 Å². The summed E-state index contributed by atoms with van der Waals surface area (Å²) >= 11 is 0. The number of benzene rings is 2. The van der Waals surface area contributed by atoms with E-state index in [9.17, 15) is 14.4 Å². The lowest BCUT2D eigenvalue weighted by Crippen LogP contribution is -2.49. The molecule has 7 nitrogen and oxygen atoms in total. The van der Waals surface area contributed by atoms with Crippen molar-refractivity contribution in [2.24, 2.45) is 0 Å². The number of amides is 2. The van der Waals surface area contributed by atoms with Gasteiger partial charge < -0.3 is 15.2 Å². The topological polar surface area (TPSA) is 95.9 Å². The largest absolute Gasteiger partial charge is 0.481 e. The Labute approximate surface area is 156 Å². The number of carboxylic acids is 1. The Kier molecular flexibility index (Phi) is 5.40. The maximum Gasteiger partial charge on any atom is 0.305 e. The maximum absolute atomic E-state index is 12.6. The molecular weight excluding hydrogens is 348 g/mol. The fourth-order valence-corrected chi connectivity index (χ4v) is 3.02. The second kappa shape index (κ2) is 7.90. The SMILES string of the molecule is C[C@@H]1Oc2ccccc2N(CC(=O)N[C@H](CC(=O)O)c2ccccc2)C1=O. The van der Waals surface area contributed by atoms with Crippen LogP contribution < -0.4 is 15.0 Å². The molecule has 140 valence electrons. The summed E-state index contributed by atoms with van der Waals surface area (Å²) in [6, 6.07) is 15.2. The van der Waals surface area contributed by atoms with Crippen molar-refractivity contribution in [1.29, 1.82) is 0 Å². The predicted octanol–water partition coefficient (Wildman–Crippen LogP) is 2.13. The lowest BCUT2D eigenvalue weighted by atomic mass is 10.0. The van der Waals surface area contributed by atoms with Crippen LogP contribution in [0.3, 0.4) is 0 Å². The highest BCUT2D eigenvalue weighted by Crippen LogP contribution is 2.33. The zero-order chi connectivity index (χ0) is 19.4. The highest BCUT2D eigenvalue weighted by atomic mass is 16.5. The number of carbonyl (C=O) groups is 3. The van der Waals surface area contributed by atoms with E-state index in [4.69, 9.17) is 9.84 Å². The number of nitrogens with zero attached hydrogens (tertiary/aromatic N) is 1. The van der Waals surface area contributed by atoms with Crippen LogP contribution in [0.1, 0.15) is 24.9 Å². The second-order valence-corrected chi connectivity index (χ2v) is 6.28. The molecule has 0 aliphatic carbocycles. The second-order valence-electron chi connectivity index (χ2n) is 6.28. The number of anilines is 1. The number of carbonyl (C=O) groups excluding carboxylic acids is 2. The van der Waals surface area contributed by atoms with Crippen molar-refractivity contribution in [2.75, 3.05) is 11.4 Å². The van der Waals surface area contributed by atoms with Gasteiger partial charge in [-0.15, -0.1) is 0 Å². The maximum atomic E-state index is 12.6. The van der Waals surface area contributed by atoms with Crippen molar-refractivity contribution >= 4 is 23.5 Å². The summed E-state index contributed by atoms with van der Waals surface area (Å²) in [6.45, 7) is 1.41. The quantitative estimate of drug-likeness (QED) is 0.814. The number of carboxylic acid groups (broad SMARTS) is 1. The smallest absolute Gasteiger partial charge is 0.305 e. The summed E-state index contributed by atoms with van der Waals surface area (Å²) in [5, 5.41) is 11.9. The number of rotatable bonds is 6. The first-order chi connectivity index (χ1) is 13.0. The van der Waals surface area contributed by atoms with Crippen LogP contribution in [0.2, 0.25) is 0 Å². The molecule has 0 spiro atoms. The molecule has 2 atom stereocenters. The Balaban J connectivity index is 1.77. The van der Waals surface area contributed by atoms with Crippen LogP contribution >= 0.6 is 0 Å². The molecule has 1 heterocycles. The van der Waals surface area contributed by atoms with E-state index in [1.807, 2.05) is 6.07 Å². The molecule has 0 unspecified atom stereocenters. The van der Waals surface area contributed by atoms with Gasteiger partial charge in [-0.2, -0.15) is 0 Å². The third-order valence-electron chi connectivity index (χ3n) is 4.29. The van der Waals surface area contributed by atoms with Crippen LogP contribution in [0.5, 0.6) is 5.75 Å². The molecule has 1 aliphatic rings. The molecule has 0 saturated heterocycles. The molecule has 2 amide bonds. The number of hydrogen-bond donors (Lipinski definition) is 2. The van der Waals surface area contributed by atoms with E-state index >= 15 is 0 Å². The lowest BCUT2D eigenvalue weighted by molar-refractivity contribution is -0.138. The van der Waals surface area contributed by atoms with Gasteiger partial charge in [-0.25, -0.2) is 0 Å². The van der Waals surface area contributed by atoms with Crippen LogP contribution in [0.4, 0.5) is 5.69 Å². The van der Waals surface area contributed by atoms with E-state index in [-0.39, 0.29) is 18.9 Å². The zero-order valence-electron chi connectivity index (χ0n) is 14.8. The summed E-state index contributed by atoms with van der Waals surface area (Å²) < 4.78 is 5.56. The molecule has 0 fully saturated rings. The number of fused-ring (bicyclic) bond motifs is 1. The van der Waals surface area contributed by atoms with Gasteiger partial charge in [-0.05, 0) is 24.6 Å². The summed E-state index contributed by atoms with van der Waals surface area (Å²) in [6.07, 6.45) is -0.948. The molecule has 2 N–H and O–H groups in total. The van der Waals surface area contributed by atoms with Gasteiger partial charge in [0.15, 0.2) is 6.10 Å². The molecule has 0 radical (unpaired) electrons. The highest BCUT2D eigenvalue weighted by molar-refractivity contribution is 6.03. The zero-order valence-corrected chi connectivity index (χ0v) is 14.8. The normalized spacial score (nSPS) is 16.9. The third kappa shape index (κ3) is 4.25. The highest BCUT2D eigenvalue weighted by Gasteiger charge is 2.33. The van der Waals surface area contributed by atoms with Crippen molar-refractivity contribution in [3.63, 3.8) is 0 Å². The molecular formula is C20H20N2O5. The summed E-state index contributed by atoms with van der Waals surface area (Å²) in [7, 11) is 0. The first-order valence-electron chi connectivity index (χ1n) is 8.59. The van der Waals surface area contributed by atoms with Crippen LogP contribution in [-0.4, -0.2) is 35.5 Å². The average molecular weight is 368 g/mol. The molecule has 2 aromatic carbocycles. The van der Waals surface area contributed by atoms with E-state index in [1.165, 1.54) is 4.90 Å². The third-order valence-corrected chi connectivity index (χ3v) is 4.29. The molecule has 7 heteroatoms. The number of aliphatic carboxylic acids is 1. The van der Waals surface area contributed by atoms with Crippen LogP contribution in [0.15, 0.2) is 54.6 Å². The van der Waals surface area contributed by atoms with Crippen molar-refractivity contribution in [3.8, 4) is 5.75 Å². The predicted molar refractivity (Wildman–Crippen MR) is 98.5 cm³/mol. The number of ether oxygens (including phenoxy) is 1. The lowest BCUT2D eigenvalue weighted by Gasteiger charge is -2.32. The van der Waals surface area contributed by atoms with Gasteiger partial charge >= 0.3 is 5.97 Å². The number of hydrogen-bond acceptors (Lipinski definition) is 4. The molecule has 2 aromatic rings. The Morgan fingerprint density at radius 3 is 2.52 bits per heavy atom. The van der Waals surface area contributed by atoms with Crippen molar-refractivity contribution in [3.05, 3.63) is 60.2 Å². The first kappa shape index (κ1) is 18.4. The van der Waals surface area contributed by atoms with E-state index in [0.717, 1.165) is 0 Å². The van der Waals surface area contributed by atoms with Crippen molar-refractivity contribution < 1.29 is 24.2 Å². The standard InChI is InChI=1S/C20H20N2O5/c1-13-20(26)22(16-9-5-6-10-17(16)27-13)12-18(23)21-15(11-19(24)25)14-7-3-2-4-8-14/h2-10,13,15H,11-12H2,1H3,(H,21,23)(H,24,25)/t13-,15+/m0/s1. The van der Waals surface area contributed by atoms with E-state index < -0.39 is 24.0 Å². The van der Waals surface area contributed by atoms with Gasteiger partial charge in [0.05, 0.1) is 18.2 Å². The number of nitrogens with one attached hydrogen (secondary N) is 1.